The number of halogens is 3. The molecule has 0 fully saturated rings. The molecule has 1 aromatic rings. The van der Waals surface area contributed by atoms with Crippen LogP contribution >= 0.6 is 0 Å². The molecule has 0 saturated carbocycles. The lowest BCUT2D eigenvalue weighted by Gasteiger charge is -2.12. The maximum Gasteiger partial charge on any atom is 0.393 e. The largest absolute Gasteiger partial charge is 0.494 e. The summed E-state index contributed by atoms with van der Waals surface area (Å²) in [6.07, 6.45) is -5.28. The smallest absolute Gasteiger partial charge is 0.393 e. The highest BCUT2D eigenvalue weighted by Gasteiger charge is 2.29. The molecule has 0 aliphatic carbocycles. The predicted octanol–water partition coefficient (Wildman–Crippen LogP) is 2.38. The first-order valence-electron chi connectivity index (χ1n) is 3.92. The lowest BCUT2D eigenvalue weighted by molar-refractivity contribution is -0.127. The zero-order valence-electron chi connectivity index (χ0n) is 7.56. The van der Waals surface area contributed by atoms with Gasteiger partial charge in [-0.15, -0.1) is 0 Å². The molecule has 0 amide bonds. The fourth-order valence-corrected chi connectivity index (χ4v) is 1.21. The maximum atomic E-state index is 12.1. The van der Waals surface area contributed by atoms with Crippen LogP contribution in [0.15, 0.2) is 18.2 Å². The second-order valence-electron chi connectivity index (χ2n) is 2.83. The molecule has 14 heavy (non-hydrogen) atoms. The molecule has 78 valence electrons. The molecule has 1 rings (SSSR count). The van der Waals surface area contributed by atoms with Gasteiger partial charge in [0, 0.05) is 5.56 Å². The van der Waals surface area contributed by atoms with E-state index in [9.17, 15) is 13.2 Å². The van der Waals surface area contributed by atoms with E-state index in [1.807, 2.05) is 0 Å². The van der Waals surface area contributed by atoms with Crippen LogP contribution in [0.5, 0.6) is 5.75 Å². The van der Waals surface area contributed by atoms with Crippen molar-refractivity contribution in [3.8, 4) is 5.75 Å². The van der Waals surface area contributed by atoms with Crippen molar-refractivity contribution in [2.45, 2.75) is 12.6 Å². The molecule has 0 unspecified atom stereocenters. The van der Waals surface area contributed by atoms with E-state index in [1.54, 1.807) is 0 Å². The summed E-state index contributed by atoms with van der Waals surface area (Å²) in [5, 5.41) is 0. The monoisotopic (exact) mass is 205 g/mol. The molecule has 0 atom stereocenters. The number of ether oxygens (including phenoxy) is 1. The molecule has 2 N–H and O–H groups in total. The summed E-state index contributed by atoms with van der Waals surface area (Å²) >= 11 is 0. The summed E-state index contributed by atoms with van der Waals surface area (Å²) in [5.41, 5.74) is 5.73. The fraction of sp³-hybridized carbons (Fsp3) is 0.333. The summed E-state index contributed by atoms with van der Waals surface area (Å²) in [7, 11) is 1.30. The van der Waals surface area contributed by atoms with Crippen LogP contribution in [0.1, 0.15) is 5.56 Å². The van der Waals surface area contributed by atoms with E-state index in [2.05, 4.69) is 0 Å². The van der Waals surface area contributed by atoms with Gasteiger partial charge in [-0.05, 0) is 6.07 Å². The van der Waals surface area contributed by atoms with Gasteiger partial charge in [0.15, 0.2) is 0 Å². The van der Waals surface area contributed by atoms with Crippen LogP contribution in [0.4, 0.5) is 18.9 Å². The molecule has 0 saturated heterocycles. The van der Waals surface area contributed by atoms with Crippen LogP contribution in [0.25, 0.3) is 0 Å². The highest BCUT2D eigenvalue weighted by Crippen LogP contribution is 2.31. The molecular formula is C9H10F3NO. The number of nitrogens with two attached hydrogens (primary N) is 1. The van der Waals surface area contributed by atoms with Crippen LogP contribution in [0.3, 0.4) is 0 Å². The standard InChI is InChI=1S/C9H10F3NO/c1-14-8-6(5-9(10,11)12)3-2-4-7(8)13/h2-4H,5,13H2,1H3. The van der Waals surface area contributed by atoms with Crippen molar-refractivity contribution in [1.29, 1.82) is 0 Å². The Balaban J connectivity index is 3.02. The van der Waals surface area contributed by atoms with Crippen molar-refractivity contribution in [1.82, 2.24) is 0 Å². The molecule has 0 aliphatic heterocycles. The number of alkyl halides is 3. The third kappa shape index (κ3) is 2.55. The third-order valence-corrected chi connectivity index (χ3v) is 1.72. The van der Waals surface area contributed by atoms with E-state index < -0.39 is 12.6 Å². The number of hydrogen-bond donors (Lipinski definition) is 1. The summed E-state index contributed by atoms with van der Waals surface area (Å²) < 4.78 is 41.1. The molecule has 0 radical (unpaired) electrons. The van der Waals surface area contributed by atoms with E-state index in [0.29, 0.717) is 0 Å². The number of rotatable bonds is 2. The van der Waals surface area contributed by atoms with E-state index >= 15 is 0 Å². The number of anilines is 1. The van der Waals surface area contributed by atoms with Gasteiger partial charge in [-0.2, -0.15) is 13.2 Å². The van der Waals surface area contributed by atoms with Gasteiger partial charge in [-0.1, -0.05) is 12.1 Å². The average molecular weight is 205 g/mol. The van der Waals surface area contributed by atoms with Gasteiger partial charge >= 0.3 is 6.18 Å². The Bertz CT molecular complexity index is 322. The highest BCUT2D eigenvalue weighted by molar-refractivity contribution is 5.56. The summed E-state index contributed by atoms with van der Waals surface area (Å²) in [4.78, 5) is 0. The van der Waals surface area contributed by atoms with E-state index in [-0.39, 0.29) is 17.0 Å². The van der Waals surface area contributed by atoms with E-state index in [0.717, 1.165) is 0 Å². The second kappa shape index (κ2) is 3.77. The molecule has 2 nitrogen and oxygen atoms in total. The quantitative estimate of drug-likeness (QED) is 0.752. The average Bonchev–Trinajstić information content (AvgIpc) is 2.01. The molecule has 0 aliphatic rings. The Morgan fingerprint density at radius 1 is 1.36 bits per heavy atom. The number of methoxy groups -OCH3 is 1. The third-order valence-electron chi connectivity index (χ3n) is 1.72. The lowest BCUT2D eigenvalue weighted by atomic mass is 10.1. The number of benzene rings is 1. The Hall–Kier alpha value is -1.39. The summed E-state index contributed by atoms with van der Waals surface area (Å²) in [6.45, 7) is 0. The fourth-order valence-electron chi connectivity index (χ4n) is 1.21. The van der Waals surface area contributed by atoms with Gasteiger partial charge in [0.1, 0.15) is 5.75 Å². The van der Waals surface area contributed by atoms with Crippen molar-refractivity contribution in [3.05, 3.63) is 23.8 Å². The van der Waals surface area contributed by atoms with Crippen LogP contribution in [-0.2, 0) is 6.42 Å². The van der Waals surface area contributed by atoms with Crippen molar-refractivity contribution in [2.24, 2.45) is 0 Å². The Morgan fingerprint density at radius 3 is 2.50 bits per heavy atom. The SMILES string of the molecule is COc1c(N)cccc1CC(F)(F)F. The van der Waals surface area contributed by atoms with Gasteiger partial charge in [0.05, 0.1) is 19.2 Å². The Labute approximate surface area is 79.5 Å². The van der Waals surface area contributed by atoms with Crippen LogP contribution in [0.2, 0.25) is 0 Å². The summed E-state index contributed by atoms with van der Waals surface area (Å²) in [5.74, 6) is 0.102. The second-order valence-corrected chi connectivity index (χ2v) is 2.83. The Kier molecular flexibility index (Phi) is 2.88. The predicted molar refractivity (Wildman–Crippen MR) is 47.2 cm³/mol. The first-order valence-corrected chi connectivity index (χ1v) is 3.92. The zero-order valence-corrected chi connectivity index (χ0v) is 7.56. The van der Waals surface area contributed by atoms with Crippen molar-refractivity contribution in [2.75, 3.05) is 12.8 Å². The van der Waals surface area contributed by atoms with E-state index in [1.165, 1.54) is 25.3 Å². The molecule has 0 aromatic heterocycles. The molecule has 0 bridgehead atoms. The summed E-state index contributed by atoms with van der Waals surface area (Å²) in [6, 6.07) is 4.32. The molecular weight excluding hydrogens is 195 g/mol. The minimum Gasteiger partial charge on any atom is -0.494 e. The van der Waals surface area contributed by atoms with Crippen molar-refractivity contribution < 1.29 is 17.9 Å². The first-order chi connectivity index (χ1) is 6.44. The lowest BCUT2D eigenvalue weighted by Crippen LogP contribution is -2.12. The number of nitrogen functional groups attached to an aromatic ring is 1. The molecule has 0 spiro atoms. The highest BCUT2D eigenvalue weighted by atomic mass is 19.4. The first kappa shape index (κ1) is 10.7. The Morgan fingerprint density at radius 2 is 2.00 bits per heavy atom. The van der Waals surface area contributed by atoms with Crippen molar-refractivity contribution in [3.63, 3.8) is 0 Å². The van der Waals surface area contributed by atoms with E-state index in [4.69, 9.17) is 10.5 Å². The number of para-hydroxylation sites is 1. The molecule has 0 heterocycles. The molecule has 5 heteroatoms. The molecule has 1 aromatic carbocycles. The van der Waals surface area contributed by atoms with Crippen LogP contribution < -0.4 is 10.5 Å². The minimum atomic E-state index is -4.25. The maximum absolute atomic E-state index is 12.1. The van der Waals surface area contributed by atoms with Crippen molar-refractivity contribution >= 4 is 5.69 Å². The van der Waals surface area contributed by atoms with Gasteiger partial charge in [-0.3, -0.25) is 0 Å². The van der Waals surface area contributed by atoms with Gasteiger partial charge in [0.25, 0.3) is 0 Å². The van der Waals surface area contributed by atoms with Gasteiger partial charge in [-0.25, -0.2) is 0 Å². The zero-order chi connectivity index (χ0) is 10.8. The minimum absolute atomic E-state index is 0.0556. The van der Waals surface area contributed by atoms with Gasteiger partial charge in [0.2, 0.25) is 0 Å². The normalized spacial score (nSPS) is 11.4. The number of hydrogen-bond acceptors (Lipinski definition) is 2. The van der Waals surface area contributed by atoms with Crippen LogP contribution in [0, 0.1) is 0 Å². The topological polar surface area (TPSA) is 35.2 Å². The van der Waals surface area contributed by atoms with Gasteiger partial charge < -0.3 is 10.5 Å². The van der Waals surface area contributed by atoms with Crippen LogP contribution in [-0.4, -0.2) is 13.3 Å².